The molecule has 0 radical (unpaired) electrons. The van der Waals surface area contributed by atoms with Crippen molar-refractivity contribution in [2.24, 2.45) is 0 Å². The summed E-state index contributed by atoms with van der Waals surface area (Å²) in [6.07, 6.45) is -5.14. The average Bonchev–Trinajstić information content (AvgIpc) is 3.05. The summed E-state index contributed by atoms with van der Waals surface area (Å²) in [6, 6.07) is 7.27. The van der Waals surface area contributed by atoms with Gasteiger partial charge in [-0.1, -0.05) is 15.9 Å². The SMILES string of the molecule is CCOC(=O)c1ccc([C@@H](CCC(F)(F)F)Sc2cc(C)c(Br)c(C)c2)s1. The molecule has 0 spiro atoms. The van der Waals surface area contributed by atoms with Crippen LogP contribution >= 0.6 is 39.0 Å². The van der Waals surface area contributed by atoms with Crippen LogP contribution in [0.3, 0.4) is 0 Å². The Kier molecular flexibility index (Phi) is 7.83. The number of hydrogen-bond acceptors (Lipinski definition) is 4. The van der Waals surface area contributed by atoms with Crippen molar-refractivity contribution in [3.63, 3.8) is 0 Å². The van der Waals surface area contributed by atoms with Crippen molar-refractivity contribution in [1.29, 1.82) is 0 Å². The summed E-state index contributed by atoms with van der Waals surface area (Å²) in [6.45, 7) is 5.88. The molecule has 1 aromatic carbocycles. The van der Waals surface area contributed by atoms with Crippen LogP contribution in [0.1, 0.15) is 50.7 Å². The predicted octanol–water partition coefficient (Wildman–Crippen LogP) is 7.48. The summed E-state index contributed by atoms with van der Waals surface area (Å²) >= 11 is 6.10. The van der Waals surface area contributed by atoms with Gasteiger partial charge < -0.3 is 4.74 Å². The second-order valence-electron chi connectivity index (χ2n) is 6.05. The third-order valence-corrected chi connectivity index (χ3v) is 7.66. The Morgan fingerprint density at radius 3 is 2.44 bits per heavy atom. The molecule has 1 aromatic heterocycles. The van der Waals surface area contributed by atoms with Crippen molar-refractivity contribution in [3.8, 4) is 0 Å². The Morgan fingerprint density at radius 1 is 1.26 bits per heavy atom. The molecule has 0 bridgehead atoms. The fourth-order valence-electron chi connectivity index (χ4n) is 2.53. The molecule has 148 valence electrons. The molecule has 1 heterocycles. The van der Waals surface area contributed by atoms with Crippen LogP contribution in [0.4, 0.5) is 13.2 Å². The van der Waals surface area contributed by atoms with Crippen LogP contribution in [0.25, 0.3) is 0 Å². The maximum absolute atomic E-state index is 12.8. The van der Waals surface area contributed by atoms with Crippen molar-refractivity contribution in [2.75, 3.05) is 6.61 Å². The molecule has 0 fully saturated rings. The van der Waals surface area contributed by atoms with Crippen molar-refractivity contribution in [1.82, 2.24) is 0 Å². The Labute approximate surface area is 173 Å². The molecule has 0 N–H and O–H groups in total. The summed E-state index contributed by atoms with van der Waals surface area (Å²) in [5.74, 6) is -0.441. The van der Waals surface area contributed by atoms with Crippen LogP contribution in [-0.2, 0) is 4.74 Å². The van der Waals surface area contributed by atoms with E-state index in [0.717, 1.165) is 25.4 Å². The lowest BCUT2D eigenvalue weighted by atomic mass is 10.2. The van der Waals surface area contributed by atoms with E-state index in [0.29, 0.717) is 4.88 Å². The molecular formula is C19H20BrF3O2S2. The van der Waals surface area contributed by atoms with Crippen LogP contribution in [0.2, 0.25) is 0 Å². The van der Waals surface area contributed by atoms with Crippen LogP contribution in [0, 0.1) is 13.8 Å². The van der Waals surface area contributed by atoms with Crippen LogP contribution in [-0.4, -0.2) is 18.8 Å². The van der Waals surface area contributed by atoms with E-state index >= 15 is 0 Å². The molecule has 2 aromatic rings. The monoisotopic (exact) mass is 480 g/mol. The zero-order chi connectivity index (χ0) is 20.2. The van der Waals surface area contributed by atoms with Gasteiger partial charge in [-0.25, -0.2) is 4.79 Å². The van der Waals surface area contributed by atoms with Gasteiger partial charge in [0, 0.05) is 25.9 Å². The molecule has 0 unspecified atom stereocenters. The summed E-state index contributed by atoms with van der Waals surface area (Å²) in [5.41, 5.74) is 2.07. The van der Waals surface area contributed by atoms with Gasteiger partial charge in [-0.3, -0.25) is 0 Å². The first kappa shape index (κ1) is 22.3. The second-order valence-corrected chi connectivity index (χ2v) is 9.24. The molecule has 1 atom stereocenters. The summed E-state index contributed by atoms with van der Waals surface area (Å²) < 4.78 is 44.4. The highest BCUT2D eigenvalue weighted by atomic mass is 79.9. The van der Waals surface area contributed by atoms with E-state index in [1.807, 2.05) is 26.0 Å². The number of hydrogen-bond donors (Lipinski definition) is 0. The van der Waals surface area contributed by atoms with Crippen molar-refractivity contribution in [3.05, 3.63) is 49.6 Å². The molecule has 0 aliphatic rings. The lowest BCUT2D eigenvalue weighted by Crippen LogP contribution is -2.08. The first-order valence-corrected chi connectivity index (χ1v) is 10.9. The number of alkyl halides is 3. The van der Waals surface area contributed by atoms with E-state index in [9.17, 15) is 18.0 Å². The zero-order valence-corrected chi connectivity index (χ0v) is 18.4. The number of rotatable bonds is 7. The zero-order valence-electron chi connectivity index (χ0n) is 15.2. The number of benzene rings is 1. The number of ether oxygens (including phenoxy) is 1. The summed E-state index contributed by atoms with van der Waals surface area (Å²) in [4.78, 5) is 13.9. The van der Waals surface area contributed by atoms with Gasteiger partial charge in [0.15, 0.2) is 0 Å². The molecule has 0 aliphatic heterocycles. The van der Waals surface area contributed by atoms with Gasteiger partial charge in [-0.2, -0.15) is 13.2 Å². The Morgan fingerprint density at radius 2 is 1.89 bits per heavy atom. The average molecular weight is 481 g/mol. The van der Waals surface area contributed by atoms with E-state index in [1.165, 1.54) is 23.1 Å². The van der Waals surface area contributed by atoms with E-state index < -0.39 is 18.6 Å². The van der Waals surface area contributed by atoms with E-state index in [1.54, 1.807) is 19.1 Å². The Hall–Kier alpha value is -0.990. The highest BCUT2D eigenvalue weighted by molar-refractivity contribution is 9.10. The Bertz CT molecular complexity index is 779. The number of esters is 1. The largest absolute Gasteiger partial charge is 0.462 e. The molecule has 0 saturated heterocycles. The molecule has 2 nitrogen and oxygen atoms in total. The molecule has 0 amide bonds. The van der Waals surface area contributed by atoms with Gasteiger partial charge in [-0.05, 0) is 62.6 Å². The number of carbonyl (C=O) groups excluding carboxylic acids is 1. The molecule has 0 aliphatic carbocycles. The minimum Gasteiger partial charge on any atom is -0.462 e. The van der Waals surface area contributed by atoms with Crippen LogP contribution in [0.15, 0.2) is 33.6 Å². The second kappa shape index (κ2) is 9.47. The quantitative estimate of drug-likeness (QED) is 0.303. The molecular weight excluding hydrogens is 461 g/mol. The van der Waals surface area contributed by atoms with Gasteiger partial charge in [0.05, 0.1) is 6.61 Å². The molecule has 27 heavy (non-hydrogen) atoms. The van der Waals surface area contributed by atoms with Gasteiger partial charge >= 0.3 is 12.1 Å². The highest BCUT2D eigenvalue weighted by Crippen LogP contribution is 2.44. The maximum Gasteiger partial charge on any atom is 0.389 e. The minimum absolute atomic E-state index is 0.0505. The highest BCUT2D eigenvalue weighted by Gasteiger charge is 2.30. The molecule has 0 saturated carbocycles. The third kappa shape index (κ3) is 6.54. The fraction of sp³-hybridized carbons (Fsp3) is 0.421. The number of thioether (sulfide) groups is 1. The normalized spacial score (nSPS) is 12.9. The van der Waals surface area contributed by atoms with Gasteiger partial charge in [0.1, 0.15) is 4.88 Å². The smallest absolute Gasteiger partial charge is 0.389 e. The number of carbonyl (C=O) groups is 1. The maximum atomic E-state index is 12.8. The van der Waals surface area contributed by atoms with Gasteiger partial charge in [0.2, 0.25) is 0 Å². The standard InChI is InChI=1S/C19H20BrF3O2S2/c1-4-25-18(24)16-6-5-14(27-16)15(7-8-19(21,22)23)26-13-9-11(2)17(20)12(3)10-13/h5-6,9-10,15H,4,7-8H2,1-3H3/t15-/m1/s1. The van der Waals surface area contributed by atoms with Crippen molar-refractivity contribution >= 4 is 45.0 Å². The van der Waals surface area contributed by atoms with Gasteiger partial charge in [-0.15, -0.1) is 23.1 Å². The minimum atomic E-state index is -4.22. The van der Waals surface area contributed by atoms with Crippen LogP contribution < -0.4 is 0 Å². The molecule has 8 heteroatoms. The lowest BCUT2D eigenvalue weighted by Gasteiger charge is -2.17. The predicted molar refractivity (Wildman–Crippen MR) is 108 cm³/mol. The Balaban J connectivity index is 2.27. The van der Waals surface area contributed by atoms with E-state index in [2.05, 4.69) is 15.9 Å². The lowest BCUT2D eigenvalue weighted by molar-refractivity contribution is -0.135. The van der Waals surface area contributed by atoms with Crippen LogP contribution in [0.5, 0.6) is 0 Å². The number of halogens is 4. The first-order valence-electron chi connectivity index (χ1n) is 8.37. The summed E-state index contributed by atoms with van der Waals surface area (Å²) in [7, 11) is 0. The topological polar surface area (TPSA) is 26.3 Å². The third-order valence-electron chi connectivity index (χ3n) is 3.80. The van der Waals surface area contributed by atoms with E-state index in [-0.39, 0.29) is 18.3 Å². The summed E-state index contributed by atoms with van der Waals surface area (Å²) in [5, 5.41) is -0.389. The number of aryl methyl sites for hydroxylation is 2. The van der Waals surface area contributed by atoms with Crippen molar-refractivity contribution in [2.45, 2.75) is 49.9 Å². The van der Waals surface area contributed by atoms with E-state index in [4.69, 9.17) is 4.74 Å². The van der Waals surface area contributed by atoms with Gasteiger partial charge in [0.25, 0.3) is 0 Å². The van der Waals surface area contributed by atoms with Crippen molar-refractivity contribution < 1.29 is 22.7 Å². The fourth-order valence-corrected chi connectivity index (χ4v) is 5.21. The molecule has 2 rings (SSSR count). The first-order chi connectivity index (χ1) is 12.6. The number of thiophene rings is 1.